The van der Waals surface area contributed by atoms with Gasteiger partial charge in [0.15, 0.2) is 0 Å². The molecule has 1 amide bonds. The van der Waals surface area contributed by atoms with Gasteiger partial charge in [0, 0.05) is 25.7 Å². The first-order chi connectivity index (χ1) is 9.17. The van der Waals surface area contributed by atoms with Gasteiger partial charge in [0.05, 0.1) is 12.6 Å². The molecule has 1 saturated heterocycles. The second kappa shape index (κ2) is 8.89. The van der Waals surface area contributed by atoms with Crippen LogP contribution in [0.1, 0.15) is 39.5 Å². The van der Waals surface area contributed by atoms with Crippen molar-refractivity contribution in [3.63, 3.8) is 0 Å². The molecular formula is C14H26N4O. The van der Waals surface area contributed by atoms with Crippen LogP contribution in [0.15, 0.2) is 0 Å². The highest BCUT2D eigenvalue weighted by molar-refractivity contribution is 5.78. The molecule has 1 fully saturated rings. The lowest BCUT2D eigenvalue weighted by Gasteiger charge is -2.31. The average Bonchev–Trinajstić information content (AvgIpc) is 2.39. The monoisotopic (exact) mass is 266 g/mol. The van der Waals surface area contributed by atoms with Crippen LogP contribution in [0.3, 0.4) is 0 Å². The molecule has 0 radical (unpaired) electrons. The van der Waals surface area contributed by atoms with E-state index in [0.717, 1.165) is 25.9 Å². The lowest BCUT2D eigenvalue weighted by Crippen LogP contribution is -2.54. The maximum atomic E-state index is 11.9. The fourth-order valence-corrected chi connectivity index (χ4v) is 2.34. The number of nitriles is 1. The van der Waals surface area contributed by atoms with Crippen LogP contribution in [0.5, 0.6) is 0 Å². The van der Waals surface area contributed by atoms with Gasteiger partial charge in [-0.25, -0.2) is 0 Å². The Morgan fingerprint density at radius 1 is 1.58 bits per heavy atom. The van der Waals surface area contributed by atoms with Crippen molar-refractivity contribution in [1.82, 2.24) is 15.5 Å². The molecule has 108 valence electrons. The van der Waals surface area contributed by atoms with E-state index in [1.165, 1.54) is 12.8 Å². The third-order valence-electron chi connectivity index (χ3n) is 3.50. The summed E-state index contributed by atoms with van der Waals surface area (Å²) >= 11 is 0. The van der Waals surface area contributed by atoms with Crippen LogP contribution < -0.4 is 10.6 Å². The van der Waals surface area contributed by atoms with Gasteiger partial charge >= 0.3 is 0 Å². The van der Waals surface area contributed by atoms with Gasteiger partial charge in [-0.15, -0.1) is 0 Å². The third-order valence-corrected chi connectivity index (χ3v) is 3.50. The Kier molecular flexibility index (Phi) is 7.46. The Morgan fingerprint density at radius 2 is 2.37 bits per heavy atom. The van der Waals surface area contributed by atoms with Crippen LogP contribution in [0.25, 0.3) is 0 Å². The molecule has 0 saturated carbocycles. The highest BCUT2D eigenvalue weighted by atomic mass is 16.2. The van der Waals surface area contributed by atoms with Crippen molar-refractivity contribution in [2.75, 3.05) is 26.2 Å². The Bertz CT molecular complexity index is 313. The second-order valence-electron chi connectivity index (χ2n) is 5.28. The SMILES string of the molecule is CCCCCC(C)NC(=O)CN1CCNCC1C#N. The van der Waals surface area contributed by atoms with Gasteiger partial charge in [0.25, 0.3) is 0 Å². The van der Waals surface area contributed by atoms with E-state index < -0.39 is 0 Å². The van der Waals surface area contributed by atoms with Crippen molar-refractivity contribution < 1.29 is 4.79 Å². The molecule has 0 spiro atoms. The summed E-state index contributed by atoms with van der Waals surface area (Å²) in [5, 5.41) is 15.2. The quantitative estimate of drug-likeness (QED) is 0.671. The summed E-state index contributed by atoms with van der Waals surface area (Å²) in [5.74, 6) is 0.0335. The maximum absolute atomic E-state index is 11.9. The third kappa shape index (κ3) is 6.04. The lowest BCUT2D eigenvalue weighted by atomic mass is 10.1. The van der Waals surface area contributed by atoms with Crippen LogP contribution in [0.4, 0.5) is 0 Å². The number of hydrogen-bond acceptors (Lipinski definition) is 4. The predicted octanol–water partition coefficient (Wildman–Crippen LogP) is 0.869. The first kappa shape index (κ1) is 15.9. The molecule has 2 N–H and O–H groups in total. The Hall–Kier alpha value is -1.12. The minimum absolute atomic E-state index is 0.0335. The first-order valence-corrected chi connectivity index (χ1v) is 7.31. The lowest BCUT2D eigenvalue weighted by molar-refractivity contribution is -0.123. The number of rotatable bonds is 7. The van der Waals surface area contributed by atoms with Gasteiger partial charge in [-0.05, 0) is 13.3 Å². The molecule has 1 aliphatic heterocycles. The van der Waals surface area contributed by atoms with Crippen LogP contribution in [-0.2, 0) is 4.79 Å². The van der Waals surface area contributed by atoms with Crippen LogP contribution in [0, 0.1) is 11.3 Å². The number of hydrogen-bond donors (Lipinski definition) is 2. The average molecular weight is 266 g/mol. The van der Waals surface area contributed by atoms with E-state index in [2.05, 4.69) is 23.6 Å². The molecule has 0 aromatic rings. The molecule has 5 nitrogen and oxygen atoms in total. The topological polar surface area (TPSA) is 68.2 Å². The highest BCUT2D eigenvalue weighted by Gasteiger charge is 2.23. The van der Waals surface area contributed by atoms with Gasteiger partial charge in [-0.2, -0.15) is 5.26 Å². The Balaban J connectivity index is 2.27. The minimum Gasteiger partial charge on any atom is -0.353 e. The van der Waals surface area contributed by atoms with E-state index in [1.54, 1.807) is 0 Å². The van der Waals surface area contributed by atoms with Crippen LogP contribution in [0.2, 0.25) is 0 Å². The number of piperazine rings is 1. The molecule has 2 unspecified atom stereocenters. The van der Waals surface area contributed by atoms with E-state index >= 15 is 0 Å². The first-order valence-electron chi connectivity index (χ1n) is 7.31. The Morgan fingerprint density at radius 3 is 3.05 bits per heavy atom. The fourth-order valence-electron chi connectivity index (χ4n) is 2.34. The van der Waals surface area contributed by atoms with E-state index in [4.69, 9.17) is 5.26 Å². The number of amides is 1. The summed E-state index contributed by atoms with van der Waals surface area (Å²) in [6.07, 6.45) is 4.61. The number of carbonyl (C=O) groups excluding carboxylic acids is 1. The zero-order valence-electron chi connectivity index (χ0n) is 12.1. The summed E-state index contributed by atoms with van der Waals surface area (Å²) in [5.41, 5.74) is 0. The zero-order valence-corrected chi connectivity index (χ0v) is 12.1. The minimum atomic E-state index is -0.185. The molecule has 0 aliphatic carbocycles. The van der Waals surface area contributed by atoms with Gasteiger partial charge in [-0.3, -0.25) is 9.69 Å². The van der Waals surface area contributed by atoms with Gasteiger partial charge in [0.2, 0.25) is 5.91 Å². The molecule has 5 heteroatoms. The van der Waals surface area contributed by atoms with Crippen molar-refractivity contribution in [3.05, 3.63) is 0 Å². The highest BCUT2D eigenvalue weighted by Crippen LogP contribution is 2.04. The van der Waals surface area contributed by atoms with Crippen LogP contribution >= 0.6 is 0 Å². The van der Waals surface area contributed by atoms with Crippen molar-refractivity contribution in [2.24, 2.45) is 0 Å². The van der Waals surface area contributed by atoms with E-state index in [9.17, 15) is 4.79 Å². The molecule has 0 aromatic carbocycles. The maximum Gasteiger partial charge on any atom is 0.234 e. The summed E-state index contributed by atoms with van der Waals surface area (Å²) < 4.78 is 0. The van der Waals surface area contributed by atoms with Crippen molar-refractivity contribution >= 4 is 5.91 Å². The summed E-state index contributed by atoms with van der Waals surface area (Å²) in [7, 11) is 0. The van der Waals surface area contributed by atoms with Gasteiger partial charge in [0.1, 0.15) is 6.04 Å². The molecule has 0 aromatic heterocycles. The second-order valence-corrected chi connectivity index (χ2v) is 5.28. The smallest absolute Gasteiger partial charge is 0.234 e. The molecule has 19 heavy (non-hydrogen) atoms. The number of nitrogens with zero attached hydrogens (tertiary/aromatic N) is 2. The number of unbranched alkanes of at least 4 members (excludes halogenated alkanes) is 2. The van der Waals surface area contributed by atoms with Crippen molar-refractivity contribution in [3.8, 4) is 6.07 Å². The predicted molar refractivity (Wildman–Crippen MR) is 75.6 cm³/mol. The molecule has 2 atom stereocenters. The molecule has 1 heterocycles. The molecule has 0 bridgehead atoms. The summed E-state index contributed by atoms with van der Waals surface area (Å²) in [4.78, 5) is 13.9. The summed E-state index contributed by atoms with van der Waals surface area (Å²) in [6.45, 7) is 6.81. The Labute approximate surface area is 116 Å². The standard InChI is InChI=1S/C14H26N4O/c1-3-4-5-6-12(2)17-14(19)11-18-8-7-16-10-13(18)9-15/h12-13,16H,3-8,10-11H2,1-2H3,(H,17,19). The molecule has 1 rings (SSSR count). The normalized spacial score (nSPS) is 21.6. The fraction of sp³-hybridized carbons (Fsp3) is 0.857. The molecule has 1 aliphatic rings. The van der Waals surface area contributed by atoms with E-state index in [0.29, 0.717) is 13.1 Å². The number of nitrogens with one attached hydrogen (secondary N) is 2. The van der Waals surface area contributed by atoms with Gasteiger partial charge < -0.3 is 10.6 Å². The van der Waals surface area contributed by atoms with Crippen molar-refractivity contribution in [1.29, 1.82) is 5.26 Å². The molecular weight excluding hydrogens is 240 g/mol. The van der Waals surface area contributed by atoms with Gasteiger partial charge in [-0.1, -0.05) is 26.2 Å². The zero-order chi connectivity index (χ0) is 14.1. The van der Waals surface area contributed by atoms with E-state index in [1.807, 2.05) is 11.8 Å². The number of carbonyl (C=O) groups is 1. The van der Waals surface area contributed by atoms with E-state index in [-0.39, 0.29) is 18.0 Å². The van der Waals surface area contributed by atoms with Crippen LogP contribution in [-0.4, -0.2) is 49.1 Å². The summed E-state index contributed by atoms with van der Waals surface area (Å²) in [6, 6.07) is 2.28. The van der Waals surface area contributed by atoms with Crippen molar-refractivity contribution in [2.45, 2.75) is 51.6 Å². The largest absolute Gasteiger partial charge is 0.353 e.